The average molecular weight is 394 g/mol. The minimum Gasteiger partial charge on any atom is -0.370 e. The minimum atomic E-state index is -0.132. The summed E-state index contributed by atoms with van der Waals surface area (Å²) in [5.41, 5.74) is 23.7. The largest absolute Gasteiger partial charge is 0.370 e. The van der Waals surface area contributed by atoms with E-state index in [-0.39, 0.29) is 17.9 Å². The summed E-state index contributed by atoms with van der Waals surface area (Å²) < 4.78 is 0. The number of guanidine groups is 4. The van der Waals surface area contributed by atoms with Crippen LogP contribution in [0.4, 0.5) is 11.4 Å². The molecule has 29 heavy (non-hydrogen) atoms. The van der Waals surface area contributed by atoms with Gasteiger partial charge >= 0.3 is 0 Å². The van der Waals surface area contributed by atoms with Gasteiger partial charge in [-0.15, -0.1) is 0 Å². The van der Waals surface area contributed by atoms with Gasteiger partial charge in [0.2, 0.25) is 17.9 Å². The molecule has 2 aromatic carbocycles. The van der Waals surface area contributed by atoms with Crippen LogP contribution in [0.5, 0.6) is 0 Å². The predicted octanol–water partition coefficient (Wildman–Crippen LogP) is 0.860. The van der Waals surface area contributed by atoms with Gasteiger partial charge in [-0.2, -0.15) is 9.98 Å². The Morgan fingerprint density at radius 2 is 1.10 bits per heavy atom. The van der Waals surface area contributed by atoms with Crippen molar-refractivity contribution in [2.45, 2.75) is 6.42 Å². The molecule has 2 rings (SSSR count). The second kappa shape index (κ2) is 11.6. The fourth-order valence-corrected chi connectivity index (χ4v) is 2.18. The Morgan fingerprint density at radius 1 is 0.655 bits per heavy atom. The molecule has 0 spiro atoms. The van der Waals surface area contributed by atoms with Gasteiger partial charge in [-0.25, -0.2) is 0 Å². The third-order valence-electron chi connectivity index (χ3n) is 3.41. The maximum atomic E-state index is 5.96. The lowest BCUT2D eigenvalue weighted by atomic mass is 10.3. The maximum absolute atomic E-state index is 5.96. The highest BCUT2D eigenvalue weighted by atomic mass is 15.2. The van der Waals surface area contributed by atoms with Crippen LogP contribution < -0.4 is 33.6 Å². The quantitative estimate of drug-likeness (QED) is 0.240. The summed E-state index contributed by atoms with van der Waals surface area (Å²) in [6.45, 7) is 0.846. The lowest BCUT2D eigenvalue weighted by Crippen LogP contribution is -2.26. The van der Waals surface area contributed by atoms with Crippen molar-refractivity contribution >= 4 is 35.2 Å². The molecular formula is C19H26N10. The number of anilines is 2. The van der Waals surface area contributed by atoms with E-state index in [1.165, 1.54) is 0 Å². The highest BCUT2D eigenvalue weighted by molar-refractivity contribution is 6.08. The van der Waals surface area contributed by atoms with E-state index in [0.29, 0.717) is 25.5 Å². The van der Waals surface area contributed by atoms with Crippen LogP contribution in [-0.4, -0.2) is 36.9 Å². The van der Waals surface area contributed by atoms with Gasteiger partial charge in [-0.3, -0.25) is 9.98 Å². The lowest BCUT2D eigenvalue weighted by Gasteiger charge is -2.12. The van der Waals surface area contributed by atoms with Gasteiger partial charge in [-0.05, 0) is 30.7 Å². The van der Waals surface area contributed by atoms with Crippen LogP contribution in [0.2, 0.25) is 0 Å². The van der Waals surface area contributed by atoms with E-state index in [4.69, 9.17) is 22.9 Å². The molecule has 10 nitrogen and oxygen atoms in total. The number of hydrogen-bond acceptors (Lipinski definition) is 2. The molecule has 0 radical (unpaired) electrons. The molecule has 0 amide bonds. The van der Waals surface area contributed by atoms with Gasteiger partial charge in [0.05, 0.1) is 0 Å². The van der Waals surface area contributed by atoms with Crippen molar-refractivity contribution in [1.29, 1.82) is 0 Å². The van der Waals surface area contributed by atoms with Crippen molar-refractivity contribution in [3.8, 4) is 0 Å². The number of nitrogens with two attached hydrogens (primary N) is 4. The second-order valence-corrected chi connectivity index (χ2v) is 5.81. The van der Waals surface area contributed by atoms with Gasteiger partial charge in [0.1, 0.15) is 0 Å². The number of aliphatic imine (C=N–C) groups is 4. The van der Waals surface area contributed by atoms with Crippen LogP contribution in [0.1, 0.15) is 6.42 Å². The van der Waals surface area contributed by atoms with Gasteiger partial charge < -0.3 is 33.6 Å². The van der Waals surface area contributed by atoms with E-state index < -0.39 is 0 Å². The number of para-hydroxylation sites is 2. The van der Waals surface area contributed by atoms with Crippen molar-refractivity contribution < 1.29 is 0 Å². The molecule has 10 N–H and O–H groups in total. The molecule has 0 heterocycles. The third-order valence-corrected chi connectivity index (χ3v) is 3.41. The third kappa shape index (κ3) is 8.91. The van der Waals surface area contributed by atoms with Crippen molar-refractivity contribution in [2.75, 3.05) is 23.7 Å². The first kappa shape index (κ1) is 21.2. The van der Waals surface area contributed by atoms with Crippen LogP contribution in [0.3, 0.4) is 0 Å². The van der Waals surface area contributed by atoms with Crippen LogP contribution >= 0.6 is 0 Å². The molecule has 0 aliphatic heterocycles. The highest BCUT2D eigenvalue weighted by Crippen LogP contribution is 2.09. The average Bonchev–Trinajstić information content (AvgIpc) is 2.68. The minimum absolute atomic E-state index is 0.0291. The first-order valence-electron chi connectivity index (χ1n) is 8.95. The van der Waals surface area contributed by atoms with Crippen molar-refractivity contribution in [2.24, 2.45) is 42.9 Å². The van der Waals surface area contributed by atoms with E-state index >= 15 is 0 Å². The zero-order chi connectivity index (χ0) is 20.9. The highest BCUT2D eigenvalue weighted by Gasteiger charge is 2.02. The number of nitrogens with zero attached hydrogens (tertiary/aromatic N) is 4. The molecule has 0 saturated carbocycles. The Balaban J connectivity index is 2.00. The van der Waals surface area contributed by atoms with Crippen molar-refractivity contribution in [3.05, 3.63) is 60.7 Å². The second-order valence-electron chi connectivity index (χ2n) is 5.81. The molecule has 152 valence electrons. The van der Waals surface area contributed by atoms with Crippen LogP contribution in [0.15, 0.2) is 80.6 Å². The Morgan fingerprint density at radius 3 is 1.55 bits per heavy atom. The van der Waals surface area contributed by atoms with Crippen molar-refractivity contribution in [1.82, 2.24) is 0 Å². The number of hydrogen-bond donors (Lipinski definition) is 6. The summed E-state index contributed by atoms with van der Waals surface area (Å²) in [6.07, 6.45) is 0.616. The molecule has 0 atom stereocenters. The summed E-state index contributed by atoms with van der Waals surface area (Å²) in [6, 6.07) is 19.3. The van der Waals surface area contributed by atoms with Gasteiger partial charge in [0.25, 0.3) is 0 Å². The molecule has 0 aliphatic carbocycles. The van der Waals surface area contributed by atoms with E-state index in [9.17, 15) is 0 Å². The van der Waals surface area contributed by atoms with E-state index in [1.54, 1.807) is 0 Å². The summed E-state index contributed by atoms with van der Waals surface area (Å²) in [5, 5.41) is 6.39. The smallest absolute Gasteiger partial charge is 0.218 e. The summed E-state index contributed by atoms with van der Waals surface area (Å²) in [7, 11) is 0. The Hall–Kier alpha value is -4.08. The fourth-order valence-electron chi connectivity index (χ4n) is 2.18. The molecule has 0 fully saturated rings. The van der Waals surface area contributed by atoms with Gasteiger partial charge in [0.15, 0.2) is 5.96 Å². The molecule has 0 aliphatic rings. The van der Waals surface area contributed by atoms with Crippen LogP contribution in [0, 0.1) is 0 Å². The van der Waals surface area contributed by atoms with Crippen molar-refractivity contribution in [3.63, 3.8) is 0 Å². The molecular weight excluding hydrogens is 368 g/mol. The van der Waals surface area contributed by atoms with E-state index in [1.807, 2.05) is 60.7 Å². The Kier molecular flexibility index (Phi) is 8.49. The van der Waals surface area contributed by atoms with Gasteiger partial charge in [-0.1, -0.05) is 36.4 Å². The monoisotopic (exact) mass is 394 g/mol. The normalized spacial score (nSPS) is 11.4. The molecule has 0 saturated heterocycles. The predicted molar refractivity (Wildman–Crippen MR) is 121 cm³/mol. The molecule has 0 unspecified atom stereocenters. The number of benzene rings is 2. The standard InChI is InChI=1S/C19H26N10/c20-16(21)28-17(22)24-12-7-13-25-18(23)29-19(26-14-8-3-1-4-9-14)27-15-10-5-2-6-11-15/h1-6,8-11H,7,12-13H2,(H6,20,21,22,24,28)(H4,23,25,26,27,29). The Bertz CT molecular complexity index is 825. The topological polar surface area (TPSA) is 178 Å². The Labute approximate surface area is 169 Å². The van der Waals surface area contributed by atoms with E-state index in [0.717, 1.165) is 11.4 Å². The first-order chi connectivity index (χ1) is 14.0. The SMILES string of the molecule is NC(N)=NC(N)=NCCCN=C(N)N=C(Nc1ccccc1)Nc1ccccc1. The zero-order valence-electron chi connectivity index (χ0n) is 16.0. The number of nitrogens with one attached hydrogen (secondary N) is 2. The van der Waals surface area contributed by atoms with E-state index in [2.05, 4.69) is 30.6 Å². The molecule has 10 heteroatoms. The number of rotatable bonds is 6. The van der Waals surface area contributed by atoms with Crippen LogP contribution in [0.25, 0.3) is 0 Å². The first-order valence-corrected chi connectivity index (χ1v) is 8.95. The maximum Gasteiger partial charge on any atom is 0.218 e. The summed E-state index contributed by atoms with van der Waals surface area (Å²) in [4.78, 5) is 16.2. The molecule has 0 bridgehead atoms. The molecule has 0 aromatic heterocycles. The molecule has 2 aromatic rings. The van der Waals surface area contributed by atoms with Crippen LogP contribution in [-0.2, 0) is 0 Å². The summed E-state index contributed by atoms with van der Waals surface area (Å²) >= 11 is 0. The van der Waals surface area contributed by atoms with Gasteiger partial charge in [0, 0.05) is 24.5 Å². The summed E-state index contributed by atoms with van der Waals surface area (Å²) in [5.74, 6) is 0.486. The fraction of sp³-hybridized carbons (Fsp3) is 0.158. The zero-order valence-corrected chi connectivity index (χ0v) is 16.0. The lowest BCUT2D eigenvalue weighted by molar-refractivity contribution is 0.841.